The Balaban J connectivity index is 1.42. The highest BCUT2D eigenvalue weighted by molar-refractivity contribution is 8.15. The second-order valence-corrected chi connectivity index (χ2v) is 7.15. The summed E-state index contributed by atoms with van der Waals surface area (Å²) < 4.78 is 3.12. The van der Waals surface area contributed by atoms with Gasteiger partial charge in [0.05, 0.1) is 17.1 Å². The number of tetrazole rings is 2. The lowest BCUT2D eigenvalue weighted by Crippen LogP contribution is -2.04. The topological polar surface area (TPSA) is 104 Å². The number of carbonyl (C=O) groups excluding carboxylic acids is 1. The normalized spacial score (nSPS) is 10.8. The van der Waals surface area contributed by atoms with Crippen molar-refractivity contribution in [2.24, 2.45) is 0 Å². The Morgan fingerprint density at radius 1 is 0.778 bits per heavy atom. The van der Waals surface area contributed by atoms with E-state index >= 15 is 0 Å². The van der Waals surface area contributed by atoms with E-state index in [1.165, 1.54) is 16.4 Å². The molecule has 9 nitrogen and oxygen atoms in total. The molecule has 4 aromatic rings. The molecule has 134 valence electrons. The Morgan fingerprint density at radius 3 is 1.89 bits per heavy atom. The van der Waals surface area contributed by atoms with Crippen LogP contribution in [0.25, 0.3) is 11.4 Å². The van der Waals surface area contributed by atoms with Gasteiger partial charge in [-0.2, -0.15) is 9.36 Å². The van der Waals surface area contributed by atoms with Crippen molar-refractivity contribution in [1.82, 2.24) is 40.4 Å². The zero-order chi connectivity index (χ0) is 18.5. The minimum atomic E-state index is -0.102. The molecule has 2 heterocycles. The van der Waals surface area contributed by atoms with Crippen LogP contribution in [0, 0.1) is 0 Å². The van der Waals surface area contributed by atoms with Crippen molar-refractivity contribution in [3.8, 4) is 11.4 Å². The van der Waals surface area contributed by atoms with Gasteiger partial charge in [-0.3, -0.25) is 4.79 Å². The molecule has 4 rings (SSSR count). The molecular formula is C16H12N8OS2. The fourth-order valence-corrected chi connectivity index (χ4v) is 3.76. The summed E-state index contributed by atoms with van der Waals surface area (Å²) in [5.74, 6) is 0.180. The predicted octanol–water partition coefficient (Wildman–Crippen LogP) is 2.05. The molecule has 0 N–H and O–H groups in total. The number of para-hydroxylation sites is 2. The maximum Gasteiger partial charge on any atom is 0.221 e. The first-order chi connectivity index (χ1) is 13.3. The van der Waals surface area contributed by atoms with E-state index < -0.39 is 0 Å². The van der Waals surface area contributed by atoms with E-state index in [9.17, 15) is 4.79 Å². The standard InChI is InChI=1S/C16H12N8OS2/c25-14(27-16-18-20-22-24(16)13-9-5-2-6-10-13)11-26-15-17-19-21-23(15)12-7-3-1-4-8-12/h1-10H,11H2. The summed E-state index contributed by atoms with van der Waals surface area (Å²) in [4.78, 5) is 12.4. The van der Waals surface area contributed by atoms with Crippen molar-refractivity contribution in [2.75, 3.05) is 5.75 Å². The van der Waals surface area contributed by atoms with Gasteiger partial charge in [-0.1, -0.05) is 48.2 Å². The lowest BCUT2D eigenvalue weighted by molar-refractivity contribution is -0.108. The Labute approximate surface area is 162 Å². The smallest absolute Gasteiger partial charge is 0.221 e. The number of carbonyl (C=O) groups is 1. The zero-order valence-electron chi connectivity index (χ0n) is 13.8. The van der Waals surface area contributed by atoms with Crippen molar-refractivity contribution >= 4 is 28.6 Å². The number of thioether (sulfide) groups is 2. The van der Waals surface area contributed by atoms with Crippen LogP contribution in [-0.2, 0) is 4.79 Å². The van der Waals surface area contributed by atoms with E-state index in [0.29, 0.717) is 10.3 Å². The van der Waals surface area contributed by atoms with Crippen molar-refractivity contribution in [3.63, 3.8) is 0 Å². The van der Waals surface area contributed by atoms with Gasteiger partial charge in [0.15, 0.2) is 0 Å². The first kappa shape index (κ1) is 17.4. The molecule has 2 aromatic heterocycles. The maximum absolute atomic E-state index is 12.4. The fourth-order valence-electron chi connectivity index (χ4n) is 2.23. The lowest BCUT2D eigenvalue weighted by atomic mass is 10.3. The van der Waals surface area contributed by atoms with Crippen LogP contribution in [0.15, 0.2) is 71.0 Å². The van der Waals surface area contributed by atoms with Gasteiger partial charge in [-0.05, 0) is 56.9 Å². The van der Waals surface area contributed by atoms with Gasteiger partial charge in [-0.25, -0.2) is 0 Å². The summed E-state index contributed by atoms with van der Waals surface area (Å²) in [6, 6.07) is 18.9. The van der Waals surface area contributed by atoms with Crippen LogP contribution in [0.2, 0.25) is 0 Å². The summed E-state index contributed by atoms with van der Waals surface area (Å²) in [6.45, 7) is 0. The minimum absolute atomic E-state index is 0.102. The zero-order valence-corrected chi connectivity index (χ0v) is 15.4. The molecule has 0 unspecified atom stereocenters. The van der Waals surface area contributed by atoms with Gasteiger partial charge in [0, 0.05) is 0 Å². The van der Waals surface area contributed by atoms with Gasteiger partial charge >= 0.3 is 0 Å². The number of hydrogen-bond acceptors (Lipinski definition) is 9. The van der Waals surface area contributed by atoms with Crippen LogP contribution in [0.3, 0.4) is 0 Å². The van der Waals surface area contributed by atoms with Gasteiger partial charge in [0.1, 0.15) is 0 Å². The first-order valence-corrected chi connectivity index (χ1v) is 9.62. The Morgan fingerprint density at radius 2 is 1.30 bits per heavy atom. The van der Waals surface area contributed by atoms with E-state index in [0.717, 1.165) is 23.1 Å². The van der Waals surface area contributed by atoms with E-state index in [-0.39, 0.29) is 10.9 Å². The number of hydrogen-bond donors (Lipinski definition) is 0. The van der Waals surface area contributed by atoms with Crippen LogP contribution in [-0.4, -0.2) is 51.3 Å². The van der Waals surface area contributed by atoms with Crippen LogP contribution >= 0.6 is 23.5 Å². The maximum atomic E-state index is 12.4. The Kier molecular flexibility index (Phi) is 5.21. The number of nitrogens with zero attached hydrogens (tertiary/aromatic N) is 8. The van der Waals surface area contributed by atoms with E-state index in [1.54, 1.807) is 4.68 Å². The summed E-state index contributed by atoms with van der Waals surface area (Å²) in [6.07, 6.45) is 0. The molecular weight excluding hydrogens is 384 g/mol. The van der Waals surface area contributed by atoms with E-state index in [4.69, 9.17) is 0 Å². The highest BCUT2D eigenvalue weighted by atomic mass is 32.2. The van der Waals surface area contributed by atoms with Crippen LogP contribution in [0.1, 0.15) is 0 Å². The highest BCUT2D eigenvalue weighted by Gasteiger charge is 2.16. The molecule has 0 aliphatic rings. The molecule has 27 heavy (non-hydrogen) atoms. The summed E-state index contributed by atoms with van der Waals surface area (Å²) in [5, 5.41) is 24.0. The molecule has 0 atom stereocenters. The number of rotatable bonds is 6. The van der Waals surface area contributed by atoms with Crippen molar-refractivity contribution in [2.45, 2.75) is 10.3 Å². The van der Waals surface area contributed by atoms with Gasteiger partial charge in [0.25, 0.3) is 0 Å². The summed E-state index contributed by atoms with van der Waals surface area (Å²) >= 11 is 2.24. The predicted molar refractivity (Wildman–Crippen MR) is 99.9 cm³/mol. The molecule has 2 aromatic carbocycles. The molecule has 0 radical (unpaired) electrons. The summed E-state index contributed by atoms with van der Waals surface area (Å²) in [5.41, 5.74) is 1.62. The Bertz CT molecular complexity index is 1030. The monoisotopic (exact) mass is 396 g/mol. The Hall–Kier alpha value is -3.05. The highest BCUT2D eigenvalue weighted by Crippen LogP contribution is 2.24. The molecule has 0 amide bonds. The van der Waals surface area contributed by atoms with Crippen molar-refractivity contribution in [1.29, 1.82) is 0 Å². The first-order valence-electron chi connectivity index (χ1n) is 7.82. The molecule has 0 bridgehead atoms. The van der Waals surface area contributed by atoms with Crippen LogP contribution < -0.4 is 0 Å². The molecule has 0 saturated heterocycles. The second kappa shape index (κ2) is 8.10. The molecule has 0 spiro atoms. The molecule has 0 saturated carbocycles. The SMILES string of the molecule is O=C(CSc1nnnn1-c1ccccc1)Sc1nnnn1-c1ccccc1. The fraction of sp³-hybridized carbons (Fsp3) is 0.0625. The second-order valence-electron chi connectivity index (χ2n) is 5.18. The average Bonchev–Trinajstić information content (AvgIpc) is 3.37. The van der Waals surface area contributed by atoms with Gasteiger partial charge in [-0.15, -0.1) is 10.2 Å². The van der Waals surface area contributed by atoms with Crippen molar-refractivity contribution in [3.05, 3.63) is 60.7 Å². The molecule has 0 aliphatic heterocycles. The third-order valence-corrected chi connectivity index (χ3v) is 5.32. The average molecular weight is 396 g/mol. The molecule has 0 aliphatic carbocycles. The number of benzene rings is 2. The lowest BCUT2D eigenvalue weighted by Gasteiger charge is -2.04. The largest absolute Gasteiger partial charge is 0.286 e. The van der Waals surface area contributed by atoms with Crippen LogP contribution in [0.4, 0.5) is 0 Å². The third kappa shape index (κ3) is 4.04. The molecule has 11 heteroatoms. The van der Waals surface area contributed by atoms with Crippen molar-refractivity contribution < 1.29 is 4.79 Å². The van der Waals surface area contributed by atoms with Gasteiger partial charge in [0.2, 0.25) is 15.4 Å². The summed E-state index contributed by atoms with van der Waals surface area (Å²) in [7, 11) is 0. The number of aromatic nitrogens is 8. The minimum Gasteiger partial charge on any atom is -0.286 e. The van der Waals surface area contributed by atoms with Crippen LogP contribution in [0.5, 0.6) is 0 Å². The van der Waals surface area contributed by atoms with E-state index in [1.807, 2.05) is 60.7 Å². The van der Waals surface area contributed by atoms with E-state index in [2.05, 4.69) is 31.1 Å². The molecule has 0 fully saturated rings. The quantitative estimate of drug-likeness (QED) is 0.453. The third-order valence-electron chi connectivity index (χ3n) is 3.41. The van der Waals surface area contributed by atoms with Gasteiger partial charge < -0.3 is 0 Å².